The smallest absolute Gasteiger partial charge is 0.118 e. The molecule has 0 amide bonds. The number of hydrogen-bond donors (Lipinski definition) is 2. The number of aliphatic hydroxyl groups is 1. The maximum absolute atomic E-state index is 10.5. The van der Waals surface area contributed by atoms with Crippen molar-refractivity contribution in [2.75, 3.05) is 13.7 Å². The number of aryl methyl sites for hydroxylation is 1. The number of methoxy groups -OCH3 is 1. The van der Waals surface area contributed by atoms with E-state index in [4.69, 9.17) is 4.74 Å². The Balaban J connectivity index is 1.51. The molecule has 1 aromatic carbocycles. The molecule has 0 radical (unpaired) electrons. The van der Waals surface area contributed by atoms with Gasteiger partial charge in [0.05, 0.1) is 13.2 Å². The Kier molecular flexibility index (Phi) is 5.71. The minimum Gasteiger partial charge on any atom is -0.497 e. The quantitative estimate of drug-likeness (QED) is 0.772. The second-order valence-corrected chi connectivity index (χ2v) is 7.06. The first-order valence-corrected chi connectivity index (χ1v) is 9.08. The highest BCUT2D eigenvalue weighted by Crippen LogP contribution is 2.39. The monoisotopic (exact) mass is 340 g/mol. The average Bonchev–Trinajstić information content (AvgIpc) is 3.45. The van der Waals surface area contributed by atoms with Gasteiger partial charge in [-0.2, -0.15) is 0 Å². The van der Waals surface area contributed by atoms with Crippen LogP contribution in [-0.4, -0.2) is 29.8 Å². The lowest BCUT2D eigenvalue weighted by molar-refractivity contribution is 0.169. The molecule has 1 aromatic heterocycles. The van der Waals surface area contributed by atoms with Crippen LogP contribution in [0.15, 0.2) is 36.4 Å². The summed E-state index contributed by atoms with van der Waals surface area (Å²) in [5.74, 6) is 1.52. The van der Waals surface area contributed by atoms with Crippen molar-refractivity contribution in [2.24, 2.45) is 0 Å². The third-order valence-corrected chi connectivity index (χ3v) is 4.86. The van der Waals surface area contributed by atoms with E-state index in [-0.39, 0.29) is 6.04 Å². The molecular weight excluding hydrogens is 312 g/mol. The Hall–Kier alpha value is -1.91. The molecule has 0 saturated heterocycles. The van der Waals surface area contributed by atoms with E-state index in [0.717, 1.165) is 23.4 Å². The zero-order chi connectivity index (χ0) is 17.8. The number of ether oxygens (including phenoxy) is 1. The van der Waals surface area contributed by atoms with Gasteiger partial charge in [-0.25, -0.2) is 0 Å². The standard InChI is InChI=1S/C21H28N2O2/c1-14(12-16-4-8-18(25-3)9-5-16)22-13-21(24)19-10-11-20(17-6-7-17)23-15(19)2/h4-5,8-11,14,17,21-22,24H,6-7,12-13H2,1-3H3/t14-,21+/m1/s1. The van der Waals surface area contributed by atoms with E-state index >= 15 is 0 Å². The van der Waals surface area contributed by atoms with E-state index in [1.54, 1.807) is 7.11 Å². The topological polar surface area (TPSA) is 54.4 Å². The molecule has 25 heavy (non-hydrogen) atoms. The number of nitrogens with zero attached hydrogens (tertiary/aromatic N) is 1. The molecule has 0 bridgehead atoms. The van der Waals surface area contributed by atoms with E-state index in [0.29, 0.717) is 12.5 Å². The lowest BCUT2D eigenvalue weighted by atomic mass is 10.0. The van der Waals surface area contributed by atoms with Crippen LogP contribution in [0.1, 0.15) is 54.3 Å². The fourth-order valence-corrected chi connectivity index (χ4v) is 3.16. The largest absolute Gasteiger partial charge is 0.497 e. The third-order valence-electron chi connectivity index (χ3n) is 4.86. The molecule has 3 rings (SSSR count). The molecule has 1 heterocycles. The van der Waals surface area contributed by atoms with Gasteiger partial charge in [0, 0.05) is 35.5 Å². The number of hydrogen-bond acceptors (Lipinski definition) is 4. The molecule has 2 aromatic rings. The maximum atomic E-state index is 10.5. The summed E-state index contributed by atoms with van der Waals surface area (Å²) in [6, 6.07) is 12.5. The molecule has 134 valence electrons. The molecule has 0 unspecified atom stereocenters. The molecule has 4 heteroatoms. The number of aliphatic hydroxyl groups excluding tert-OH is 1. The van der Waals surface area contributed by atoms with Crippen molar-refractivity contribution in [1.29, 1.82) is 0 Å². The number of benzene rings is 1. The minimum atomic E-state index is -0.529. The van der Waals surface area contributed by atoms with Gasteiger partial charge in [0.1, 0.15) is 5.75 Å². The Bertz CT molecular complexity index is 696. The highest BCUT2D eigenvalue weighted by Gasteiger charge is 2.25. The van der Waals surface area contributed by atoms with Crippen LogP contribution < -0.4 is 10.1 Å². The van der Waals surface area contributed by atoms with Crippen molar-refractivity contribution < 1.29 is 9.84 Å². The van der Waals surface area contributed by atoms with Crippen LogP contribution in [0, 0.1) is 6.92 Å². The predicted molar refractivity (Wildman–Crippen MR) is 100 cm³/mol. The normalized spacial score (nSPS) is 16.5. The number of rotatable bonds is 8. The summed E-state index contributed by atoms with van der Waals surface area (Å²) in [7, 11) is 1.68. The lowest BCUT2D eigenvalue weighted by Crippen LogP contribution is -2.32. The first kappa shape index (κ1) is 17.9. The minimum absolute atomic E-state index is 0.280. The van der Waals surface area contributed by atoms with Gasteiger partial charge >= 0.3 is 0 Å². The van der Waals surface area contributed by atoms with Gasteiger partial charge in [0.2, 0.25) is 0 Å². The van der Waals surface area contributed by atoms with E-state index < -0.39 is 6.10 Å². The zero-order valence-corrected chi connectivity index (χ0v) is 15.3. The number of pyridine rings is 1. The summed E-state index contributed by atoms with van der Waals surface area (Å²) in [6.07, 6.45) is 2.88. The summed E-state index contributed by atoms with van der Waals surface area (Å²) in [6.45, 7) is 4.66. The van der Waals surface area contributed by atoms with Crippen LogP contribution in [0.2, 0.25) is 0 Å². The maximum Gasteiger partial charge on any atom is 0.118 e. The molecule has 2 N–H and O–H groups in total. The van der Waals surface area contributed by atoms with Crippen LogP contribution in [0.5, 0.6) is 5.75 Å². The van der Waals surface area contributed by atoms with Crippen LogP contribution >= 0.6 is 0 Å². The molecule has 0 aliphatic heterocycles. The molecular formula is C21H28N2O2. The summed E-state index contributed by atoms with van der Waals surface area (Å²) >= 11 is 0. The SMILES string of the molecule is COc1ccc(C[C@@H](C)NC[C@H](O)c2ccc(C3CC3)nc2C)cc1. The highest BCUT2D eigenvalue weighted by atomic mass is 16.5. The van der Waals surface area contributed by atoms with Gasteiger partial charge in [-0.1, -0.05) is 18.2 Å². The summed E-state index contributed by atoms with van der Waals surface area (Å²) in [4.78, 5) is 4.67. The van der Waals surface area contributed by atoms with Crippen LogP contribution in [0.4, 0.5) is 0 Å². The molecule has 1 aliphatic rings. The van der Waals surface area contributed by atoms with E-state index in [1.165, 1.54) is 24.1 Å². The predicted octanol–water partition coefficient (Wildman–Crippen LogP) is 3.53. The molecule has 1 fully saturated rings. The van der Waals surface area contributed by atoms with Gasteiger partial charge in [-0.3, -0.25) is 4.98 Å². The van der Waals surface area contributed by atoms with E-state index in [9.17, 15) is 5.11 Å². The number of nitrogens with one attached hydrogen (secondary N) is 1. The van der Waals surface area contributed by atoms with Gasteiger partial charge in [-0.15, -0.1) is 0 Å². The highest BCUT2D eigenvalue weighted by molar-refractivity contribution is 5.28. The molecule has 4 nitrogen and oxygen atoms in total. The fourth-order valence-electron chi connectivity index (χ4n) is 3.16. The zero-order valence-electron chi connectivity index (χ0n) is 15.3. The second-order valence-electron chi connectivity index (χ2n) is 7.06. The fraction of sp³-hybridized carbons (Fsp3) is 0.476. The molecule has 0 spiro atoms. The van der Waals surface area contributed by atoms with Gasteiger partial charge < -0.3 is 15.2 Å². The average molecular weight is 340 g/mol. The molecule has 1 saturated carbocycles. The van der Waals surface area contributed by atoms with Gasteiger partial charge in [0.15, 0.2) is 0 Å². The number of aromatic nitrogens is 1. The van der Waals surface area contributed by atoms with Crippen molar-refractivity contribution in [3.05, 3.63) is 58.9 Å². The van der Waals surface area contributed by atoms with Crippen molar-refractivity contribution >= 4 is 0 Å². The summed E-state index contributed by atoms with van der Waals surface area (Å²) in [5, 5.41) is 13.9. The van der Waals surface area contributed by atoms with Crippen molar-refractivity contribution in [2.45, 2.75) is 51.2 Å². The Morgan fingerprint density at radius 2 is 1.92 bits per heavy atom. The van der Waals surface area contributed by atoms with E-state index in [1.807, 2.05) is 25.1 Å². The van der Waals surface area contributed by atoms with Crippen molar-refractivity contribution in [1.82, 2.24) is 10.3 Å². The van der Waals surface area contributed by atoms with Crippen molar-refractivity contribution in [3.8, 4) is 5.75 Å². The summed E-state index contributed by atoms with van der Waals surface area (Å²) < 4.78 is 5.19. The van der Waals surface area contributed by atoms with Gasteiger partial charge in [-0.05, 0) is 56.9 Å². The third kappa shape index (κ3) is 4.80. The van der Waals surface area contributed by atoms with Crippen LogP contribution in [-0.2, 0) is 6.42 Å². The Morgan fingerprint density at radius 3 is 2.52 bits per heavy atom. The van der Waals surface area contributed by atoms with Crippen molar-refractivity contribution in [3.63, 3.8) is 0 Å². The molecule has 1 aliphatic carbocycles. The van der Waals surface area contributed by atoms with Crippen LogP contribution in [0.3, 0.4) is 0 Å². The first-order chi connectivity index (χ1) is 12.1. The van der Waals surface area contributed by atoms with Gasteiger partial charge in [0.25, 0.3) is 0 Å². The molecule has 2 atom stereocenters. The second kappa shape index (κ2) is 7.98. The Labute approximate surface area is 150 Å². The van der Waals surface area contributed by atoms with Crippen LogP contribution in [0.25, 0.3) is 0 Å². The van der Waals surface area contributed by atoms with E-state index in [2.05, 4.69) is 35.4 Å². The lowest BCUT2D eigenvalue weighted by Gasteiger charge is -2.19. The first-order valence-electron chi connectivity index (χ1n) is 9.08. The Morgan fingerprint density at radius 1 is 1.20 bits per heavy atom. The summed E-state index contributed by atoms with van der Waals surface area (Å²) in [5.41, 5.74) is 4.30.